The molecule has 3 atom stereocenters. The van der Waals surface area contributed by atoms with E-state index >= 15 is 0 Å². The summed E-state index contributed by atoms with van der Waals surface area (Å²) in [5, 5.41) is 11.0. The van der Waals surface area contributed by atoms with Gasteiger partial charge in [-0.25, -0.2) is 0 Å². The van der Waals surface area contributed by atoms with Gasteiger partial charge in [-0.3, -0.25) is 0 Å². The molecule has 2 aliphatic rings. The van der Waals surface area contributed by atoms with Crippen molar-refractivity contribution in [2.75, 3.05) is 0 Å². The van der Waals surface area contributed by atoms with E-state index in [-0.39, 0.29) is 5.60 Å². The predicted octanol–water partition coefficient (Wildman–Crippen LogP) is 3.73. The van der Waals surface area contributed by atoms with Gasteiger partial charge in [-0.05, 0) is 36.7 Å². The van der Waals surface area contributed by atoms with Gasteiger partial charge in [0.15, 0.2) is 0 Å². The molecule has 1 N–H and O–H groups in total. The number of fused-ring (bicyclic) bond motifs is 1. The lowest BCUT2D eigenvalue weighted by Crippen LogP contribution is -2.23. The van der Waals surface area contributed by atoms with E-state index in [9.17, 15) is 5.11 Å². The summed E-state index contributed by atoms with van der Waals surface area (Å²) in [6, 6.07) is 10.6. The number of hydrogen-bond acceptors (Lipinski definition) is 1. The molecule has 2 aliphatic carbocycles. The summed E-state index contributed by atoms with van der Waals surface area (Å²) < 4.78 is 0. The van der Waals surface area contributed by atoms with Gasteiger partial charge in [0.25, 0.3) is 0 Å². The Kier molecular flexibility index (Phi) is 2.74. The van der Waals surface area contributed by atoms with Crippen LogP contribution in [0.4, 0.5) is 0 Å². The zero-order chi connectivity index (χ0) is 11.9. The summed E-state index contributed by atoms with van der Waals surface area (Å²) in [5.74, 6) is 1.51. The summed E-state index contributed by atoms with van der Waals surface area (Å²) in [5.41, 5.74) is 0.943. The van der Waals surface area contributed by atoms with Gasteiger partial charge in [0.2, 0.25) is 0 Å². The normalized spacial score (nSPS) is 37.3. The van der Waals surface area contributed by atoms with Crippen LogP contribution < -0.4 is 0 Å². The largest absolute Gasteiger partial charge is 0.389 e. The van der Waals surface area contributed by atoms with E-state index in [0.29, 0.717) is 17.8 Å². The molecule has 2 fully saturated rings. The van der Waals surface area contributed by atoms with Crippen LogP contribution in [-0.4, -0.2) is 10.7 Å². The molecule has 0 amide bonds. The number of rotatable bonds is 3. The molecule has 1 heteroatoms. The van der Waals surface area contributed by atoms with Crippen LogP contribution in [0.2, 0.25) is 0 Å². The Morgan fingerprint density at radius 2 is 1.76 bits per heavy atom. The fraction of sp³-hybridized carbons (Fsp3) is 0.625. The van der Waals surface area contributed by atoms with Crippen molar-refractivity contribution in [2.45, 2.75) is 50.5 Å². The summed E-state index contributed by atoms with van der Waals surface area (Å²) in [6.45, 7) is 2.21. The Morgan fingerprint density at radius 1 is 1.18 bits per heavy atom. The average Bonchev–Trinajstić information content (AvgIpc) is 2.99. The van der Waals surface area contributed by atoms with Crippen molar-refractivity contribution < 1.29 is 5.11 Å². The quantitative estimate of drug-likeness (QED) is 0.839. The van der Waals surface area contributed by atoms with Crippen molar-refractivity contribution in [3.05, 3.63) is 35.9 Å². The first-order valence-corrected chi connectivity index (χ1v) is 7.05. The standard InChI is InChI=1S/C16H22O/c1-2-13(12-8-4-3-5-9-12)16(17)14-10-6-7-11-15(14)16/h3-5,8-9,13-15,17H,2,6-7,10-11H2,1H3. The van der Waals surface area contributed by atoms with Gasteiger partial charge in [-0.15, -0.1) is 0 Å². The van der Waals surface area contributed by atoms with Crippen LogP contribution in [0.3, 0.4) is 0 Å². The molecule has 0 radical (unpaired) electrons. The number of aliphatic hydroxyl groups is 1. The highest BCUT2D eigenvalue weighted by Gasteiger charge is 2.66. The minimum atomic E-state index is -0.382. The molecule has 3 unspecified atom stereocenters. The van der Waals surface area contributed by atoms with Crippen molar-refractivity contribution in [2.24, 2.45) is 11.8 Å². The molecule has 17 heavy (non-hydrogen) atoms. The van der Waals surface area contributed by atoms with Crippen LogP contribution in [0.1, 0.15) is 50.5 Å². The van der Waals surface area contributed by atoms with E-state index < -0.39 is 0 Å². The highest BCUT2D eigenvalue weighted by atomic mass is 16.3. The van der Waals surface area contributed by atoms with E-state index in [0.717, 1.165) is 6.42 Å². The first-order chi connectivity index (χ1) is 8.28. The maximum atomic E-state index is 11.0. The first kappa shape index (κ1) is 11.3. The summed E-state index contributed by atoms with van der Waals surface area (Å²) in [4.78, 5) is 0. The zero-order valence-corrected chi connectivity index (χ0v) is 10.6. The molecule has 1 aromatic rings. The fourth-order valence-electron chi connectivity index (χ4n) is 4.17. The van der Waals surface area contributed by atoms with Crippen molar-refractivity contribution >= 4 is 0 Å². The monoisotopic (exact) mass is 230 g/mol. The maximum absolute atomic E-state index is 11.0. The Balaban J connectivity index is 1.87. The van der Waals surface area contributed by atoms with Crippen LogP contribution >= 0.6 is 0 Å². The molecule has 0 bridgehead atoms. The highest BCUT2D eigenvalue weighted by Crippen LogP contribution is 2.64. The van der Waals surface area contributed by atoms with Crippen molar-refractivity contribution in [1.29, 1.82) is 0 Å². The van der Waals surface area contributed by atoms with Crippen LogP contribution in [-0.2, 0) is 0 Å². The second kappa shape index (κ2) is 4.13. The third-order valence-corrected chi connectivity index (χ3v) is 5.01. The Morgan fingerprint density at radius 3 is 2.29 bits per heavy atom. The van der Waals surface area contributed by atoms with E-state index in [1.54, 1.807) is 0 Å². The van der Waals surface area contributed by atoms with Gasteiger partial charge in [-0.1, -0.05) is 50.1 Å². The highest BCUT2D eigenvalue weighted by molar-refractivity contribution is 5.30. The third-order valence-electron chi connectivity index (χ3n) is 5.01. The Labute approximate surface area is 104 Å². The SMILES string of the molecule is CCC(c1ccccc1)C1(O)C2CCCCC21. The van der Waals surface area contributed by atoms with Crippen molar-refractivity contribution in [3.63, 3.8) is 0 Å². The van der Waals surface area contributed by atoms with Gasteiger partial charge in [0, 0.05) is 5.92 Å². The molecule has 2 saturated carbocycles. The minimum Gasteiger partial charge on any atom is -0.389 e. The second-order valence-corrected chi connectivity index (χ2v) is 5.76. The molecule has 0 heterocycles. The van der Waals surface area contributed by atoms with E-state index in [4.69, 9.17) is 0 Å². The van der Waals surface area contributed by atoms with Gasteiger partial charge < -0.3 is 5.11 Å². The Bertz CT molecular complexity index is 372. The van der Waals surface area contributed by atoms with Crippen LogP contribution in [0.15, 0.2) is 30.3 Å². The van der Waals surface area contributed by atoms with E-state index in [2.05, 4.69) is 37.3 Å². The summed E-state index contributed by atoms with van der Waals surface area (Å²) in [6.07, 6.45) is 6.16. The van der Waals surface area contributed by atoms with Gasteiger partial charge in [-0.2, -0.15) is 0 Å². The first-order valence-electron chi connectivity index (χ1n) is 7.05. The molecule has 0 aliphatic heterocycles. The van der Waals surface area contributed by atoms with E-state index in [1.165, 1.54) is 31.2 Å². The van der Waals surface area contributed by atoms with Crippen molar-refractivity contribution in [1.82, 2.24) is 0 Å². The molecule has 1 aromatic carbocycles. The lowest BCUT2D eigenvalue weighted by Gasteiger charge is -2.23. The van der Waals surface area contributed by atoms with E-state index in [1.807, 2.05) is 0 Å². The number of hydrogen-bond donors (Lipinski definition) is 1. The lowest BCUT2D eigenvalue weighted by atomic mass is 9.86. The molecular weight excluding hydrogens is 208 g/mol. The molecular formula is C16H22O. The van der Waals surface area contributed by atoms with Gasteiger partial charge >= 0.3 is 0 Å². The zero-order valence-electron chi connectivity index (χ0n) is 10.6. The molecule has 3 rings (SSSR count). The molecule has 0 aromatic heterocycles. The number of benzene rings is 1. The van der Waals surface area contributed by atoms with Crippen molar-refractivity contribution in [3.8, 4) is 0 Å². The molecule has 92 valence electrons. The lowest BCUT2D eigenvalue weighted by molar-refractivity contribution is 0.0849. The average molecular weight is 230 g/mol. The smallest absolute Gasteiger partial charge is 0.0779 e. The summed E-state index contributed by atoms with van der Waals surface area (Å²) in [7, 11) is 0. The second-order valence-electron chi connectivity index (χ2n) is 5.76. The Hall–Kier alpha value is -0.820. The third kappa shape index (κ3) is 1.63. The van der Waals surface area contributed by atoms with Gasteiger partial charge in [0.05, 0.1) is 5.60 Å². The fourth-order valence-corrected chi connectivity index (χ4v) is 4.17. The molecule has 0 spiro atoms. The maximum Gasteiger partial charge on any atom is 0.0779 e. The minimum absolute atomic E-state index is 0.344. The summed E-state index contributed by atoms with van der Waals surface area (Å²) >= 11 is 0. The topological polar surface area (TPSA) is 20.2 Å². The van der Waals surface area contributed by atoms with Crippen LogP contribution in [0.25, 0.3) is 0 Å². The van der Waals surface area contributed by atoms with Crippen LogP contribution in [0.5, 0.6) is 0 Å². The predicted molar refractivity (Wildman–Crippen MR) is 69.9 cm³/mol. The molecule has 1 nitrogen and oxygen atoms in total. The molecule has 0 saturated heterocycles. The van der Waals surface area contributed by atoms with Gasteiger partial charge in [0.1, 0.15) is 0 Å². The van der Waals surface area contributed by atoms with Crippen LogP contribution in [0, 0.1) is 11.8 Å².